The van der Waals surface area contributed by atoms with E-state index in [0.29, 0.717) is 5.56 Å². The van der Waals surface area contributed by atoms with Crippen LogP contribution in [0.5, 0.6) is 5.75 Å². The molecule has 0 bridgehead atoms. The predicted octanol–water partition coefficient (Wildman–Crippen LogP) is 4.82. The van der Waals surface area contributed by atoms with Crippen LogP contribution >= 0.6 is 0 Å². The highest BCUT2D eigenvalue weighted by atomic mass is 16.5. The average Bonchev–Trinajstić information content (AvgIpc) is 2.60. The Morgan fingerprint density at radius 3 is 2.00 bits per heavy atom. The molecule has 0 aliphatic rings. The van der Waals surface area contributed by atoms with Gasteiger partial charge in [0.05, 0.1) is 18.8 Å². The summed E-state index contributed by atoms with van der Waals surface area (Å²) in [5.74, 6) is 0.566. The topological polar surface area (TPSA) is 35.5 Å². The van der Waals surface area contributed by atoms with Crippen LogP contribution in [-0.2, 0) is 4.74 Å². The number of methoxy groups -OCH3 is 1. The van der Waals surface area contributed by atoms with Crippen molar-refractivity contribution in [2.75, 3.05) is 7.11 Å². The minimum absolute atomic E-state index is 0.227. The summed E-state index contributed by atoms with van der Waals surface area (Å²) in [5.41, 5.74) is 2.67. The molecule has 120 valence electrons. The van der Waals surface area contributed by atoms with Crippen molar-refractivity contribution >= 4 is 18.1 Å². The highest BCUT2D eigenvalue weighted by Crippen LogP contribution is 2.17. The first kappa shape index (κ1) is 16.8. The van der Waals surface area contributed by atoms with Crippen molar-refractivity contribution in [3.05, 3.63) is 65.2 Å². The average molecular weight is 310 g/mol. The Morgan fingerprint density at radius 2 is 1.52 bits per heavy atom. The first-order valence-electron chi connectivity index (χ1n) is 7.75. The molecule has 0 radical (unpaired) electrons. The molecular formula is C20H22O3. The minimum atomic E-state index is -0.322. The molecule has 3 heteroatoms. The lowest BCUT2D eigenvalue weighted by Gasteiger charge is -2.12. The zero-order valence-corrected chi connectivity index (χ0v) is 13.8. The van der Waals surface area contributed by atoms with Gasteiger partial charge in [-0.2, -0.15) is 0 Å². The molecule has 1 unspecified atom stereocenters. The number of rotatable bonds is 6. The maximum absolute atomic E-state index is 11.4. The molecule has 0 fully saturated rings. The molecule has 0 aliphatic heterocycles. The molecule has 2 aromatic rings. The van der Waals surface area contributed by atoms with Crippen molar-refractivity contribution in [2.24, 2.45) is 0 Å². The third-order valence-corrected chi connectivity index (χ3v) is 3.59. The van der Waals surface area contributed by atoms with Gasteiger partial charge in [-0.3, -0.25) is 0 Å². The third-order valence-electron chi connectivity index (χ3n) is 3.59. The van der Waals surface area contributed by atoms with E-state index in [4.69, 9.17) is 4.74 Å². The fourth-order valence-electron chi connectivity index (χ4n) is 2.01. The van der Waals surface area contributed by atoms with Gasteiger partial charge in [0.2, 0.25) is 0 Å². The van der Waals surface area contributed by atoms with Crippen LogP contribution in [0.15, 0.2) is 48.5 Å². The third kappa shape index (κ3) is 4.99. The normalized spacial score (nSPS) is 12.1. The number of hydrogen-bond donors (Lipinski definition) is 0. The fraction of sp³-hybridized carbons (Fsp3) is 0.250. The molecule has 3 nitrogen and oxygen atoms in total. The van der Waals surface area contributed by atoms with E-state index in [1.807, 2.05) is 48.6 Å². The zero-order chi connectivity index (χ0) is 16.7. The van der Waals surface area contributed by atoms with E-state index in [1.54, 1.807) is 12.1 Å². The lowest BCUT2D eigenvalue weighted by Crippen LogP contribution is -2.09. The molecule has 0 spiro atoms. The molecule has 0 amide bonds. The van der Waals surface area contributed by atoms with E-state index in [9.17, 15) is 4.79 Å². The molecule has 0 aromatic heterocycles. The Bertz CT molecular complexity index is 654. The minimum Gasteiger partial charge on any atom is -0.491 e. The van der Waals surface area contributed by atoms with Crippen LogP contribution in [0.3, 0.4) is 0 Å². The smallest absolute Gasteiger partial charge is 0.337 e. The summed E-state index contributed by atoms with van der Waals surface area (Å²) in [6.45, 7) is 4.17. The largest absolute Gasteiger partial charge is 0.491 e. The van der Waals surface area contributed by atoms with Crippen LogP contribution in [0, 0.1) is 0 Å². The maximum Gasteiger partial charge on any atom is 0.337 e. The van der Waals surface area contributed by atoms with Gasteiger partial charge >= 0.3 is 5.97 Å². The lowest BCUT2D eigenvalue weighted by atomic mass is 10.1. The molecule has 0 N–H and O–H groups in total. The van der Waals surface area contributed by atoms with E-state index < -0.39 is 0 Å². The predicted molar refractivity (Wildman–Crippen MR) is 93.5 cm³/mol. The second-order valence-corrected chi connectivity index (χ2v) is 5.35. The van der Waals surface area contributed by atoms with Crippen LogP contribution in [0.2, 0.25) is 0 Å². The monoisotopic (exact) mass is 310 g/mol. The highest BCUT2D eigenvalue weighted by Gasteiger charge is 2.03. The Hall–Kier alpha value is -2.55. The van der Waals surface area contributed by atoms with Gasteiger partial charge in [-0.1, -0.05) is 43.3 Å². The Balaban J connectivity index is 2.01. The van der Waals surface area contributed by atoms with E-state index in [0.717, 1.165) is 23.3 Å². The van der Waals surface area contributed by atoms with E-state index in [-0.39, 0.29) is 12.1 Å². The first-order chi connectivity index (χ1) is 11.1. The van der Waals surface area contributed by atoms with Crippen LogP contribution < -0.4 is 4.74 Å². The highest BCUT2D eigenvalue weighted by molar-refractivity contribution is 5.89. The lowest BCUT2D eigenvalue weighted by molar-refractivity contribution is 0.0600. The quantitative estimate of drug-likeness (QED) is 0.567. The van der Waals surface area contributed by atoms with Gasteiger partial charge in [0.1, 0.15) is 5.75 Å². The van der Waals surface area contributed by atoms with Gasteiger partial charge in [-0.25, -0.2) is 4.79 Å². The summed E-state index contributed by atoms with van der Waals surface area (Å²) in [7, 11) is 1.38. The van der Waals surface area contributed by atoms with Crippen molar-refractivity contribution in [1.82, 2.24) is 0 Å². The Labute approximate surface area is 137 Å². The zero-order valence-electron chi connectivity index (χ0n) is 13.8. The van der Waals surface area contributed by atoms with Gasteiger partial charge in [0, 0.05) is 0 Å². The number of hydrogen-bond acceptors (Lipinski definition) is 3. The van der Waals surface area contributed by atoms with Crippen LogP contribution in [0.25, 0.3) is 12.2 Å². The van der Waals surface area contributed by atoms with E-state index in [2.05, 4.69) is 18.6 Å². The number of ether oxygens (including phenoxy) is 2. The summed E-state index contributed by atoms with van der Waals surface area (Å²) in [5, 5.41) is 0. The summed E-state index contributed by atoms with van der Waals surface area (Å²) in [4.78, 5) is 11.4. The molecule has 1 atom stereocenters. The number of esters is 1. The van der Waals surface area contributed by atoms with Crippen molar-refractivity contribution in [3.63, 3.8) is 0 Å². The van der Waals surface area contributed by atoms with Crippen molar-refractivity contribution in [1.29, 1.82) is 0 Å². The molecular weight excluding hydrogens is 288 g/mol. The van der Waals surface area contributed by atoms with Crippen molar-refractivity contribution < 1.29 is 14.3 Å². The van der Waals surface area contributed by atoms with Gasteiger partial charge in [-0.05, 0) is 48.7 Å². The Kier molecular flexibility index (Phi) is 5.98. The second kappa shape index (κ2) is 8.18. The van der Waals surface area contributed by atoms with Gasteiger partial charge in [0.25, 0.3) is 0 Å². The van der Waals surface area contributed by atoms with Crippen molar-refractivity contribution in [3.8, 4) is 5.75 Å². The van der Waals surface area contributed by atoms with Gasteiger partial charge < -0.3 is 9.47 Å². The Morgan fingerprint density at radius 1 is 1.00 bits per heavy atom. The van der Waals surface area contributed by atoms with Gasteiger partial charge in [0.15, 0.2) is 0 Å². The second-order valence-electron chi connectivity index (χ2n) is 5.35. The number of benzene rings is 2. The number of carbonyl (C=O) groups excluding carboxylic acids is 1. The first-order valence-corrected chi connectivity index (χ1v) is 7.75. The summed E-state index contributed by atoms with van der Waals surface area (Å²) in [6, 6.07) is 15.3. The maximum atomic E-state index is 11.4. The summed E-state index contributed by atoms with van der Waals surface area (Å²) >= 11 is 0. The molecule has 0 saturated heterocycles. The van der Waals surface area contributed by atoms with E-state index in [1.165, 1.54) is 7.11 Å². The molecule has 0 aliphatic carbocycles. The van der Waals surface area contributed by atoms with Crippen LogP contribution in [0.1, 0.15) is 41.8 Å². The summed E-state index contributed by atoms with van der Waals surface area (Å²) in [6.07, 6.45) is 5.25. The van der Waals surface area contributed by atoms with Gasteiger partial charge in [-0.15, -0.1) is 0 Å². The molecule has 0 saturated carbocycles. The van der Waals surface area contributed by atoms with Crippen LogP contribution in [-0.4, -0.2) is 19.2 Å². The van der Waals surface area contributed by atoms with E-state index >= 15 is 0 Å². The van der Waals surface area contributed by atoms with Crippen LogP contribution in [0.4, 0.5) is 0 Å². The molecule has 2 aromatic carbocycles. The molecule has 23 heavy (non-hydrogen) atoms. The molecule has 2 rings (SSSR count). The SMILES string of the molecule is CCC(C)Oc1ccc(/C=C/c2ccc(C(=O)OC)cc2)cc1. The number of carbonyl (C=O) groups is 1. The summed E-state index contributed by atoms with van der Waals surface area (Å²) < 4.78 is 10.4. The fourth-order valence-corrected chi connectivity index (χ4v) is 2.01. The standard InChI is InChI=1S/C20H22O3/c1-4-15(2)23-19-13-9-17(10-14-19)6-5-16-7-11-18(12-8-16)20(21)22-3/h5-15H,4H2,1-3H3/b6-5+. The molecule has 0 heterocycles. The van der Waals surface area contributed by atoms with Crippen molar-refractivity contribution in [2.45, 2.75) is 26.4 Å².